The van der Waals surface area contributed by atoms with Gasteiger partial charge in [-0.15, -0.1) is 0 Å². The maximum Gasteiger partial charge on any atom is 0.417 e. The third kappa shape index (κ3) is 3.77. The molecule has 0 fully saturated rings. The highest BCUT2D eigenvalue weighted by Gasteiger charge is 2.57. The number of aliphatic imine (C=N–C) groups is 1. The molecule has 2 aromatic carbocycles. The van der Waals surface area contributed by atoms with Gasteiger partial charge in [0.05, 0.1) is 12.2 Å². The molecule has 2 aliphatic heterocycles. The Bertz CT molecular complexity index is 990. The van der Waals surface area contributed by atoms with Crippen LogP contribution in [0.3, 0.4) is 0 Å². The summed E-state index contributed by atoms with van der Waals surface area (Å²) in [6.07, 6.45) is -0.985. The largest absolute Gasteiger partial charge is 0.443 e. The number of methoxy groups -OCH3 is 1. The average Bonchev–Trinajstić information content (AvgIpc) is 3.22. The van der Waals surface area contributed by atoms with Crippen LogP contribution < -0.4 is 10.2 Å². The SMILES string of the molecule is CO[C@@H]1N(C(=O)OC(C)(C)C)c2ccccc2[C@@]12CN=C(Nc1ccc(Cl)cc1)S2. The van der Waals surface area contributed by atoms with Gasteiger partial charge in [0, 0.05) is 17.8 Å². The number of halogens is 1. The van der Waals surface area contributed by atoms with Gasteiger partial charge in [0.15, 0.2) is 11.4 Å². The topological polar surface area (TPSA) is 63.2 Å². The number of carbonyl (C=O) groups is 1. The first kappa shape index (κ1) is 21.0. The molecular formula is C22H24ClN3O3S. The number of rotatable bonds is 2. The number of hydrogen-bond donors (Lipinski definition) is 1. The van der Waals surface area contributed by atoms with Crippen LogP contribution in [0.5, 0.6) is 0 Å². The van der Waals surface area contributed by atoms with E-state index in [2.05, 4.69) is 5.32 Å². The predicted octanol–water partition coefficient (Wildman–Crippen LogP) is 5.48. The Morgan fingerprint density at radius 3 is 2.60 bits per heavy atom. The van der Waals surface area contributed by atoms with Crippen molar-refractivity contribution in [2.45, 2.75) is 37.3 Å². The van der Waals surface area contributed by atoms with Crippen LogP contribution >= 0.6 is 23.4 Å². The molecule has 0 radical (unpaired) electrons. The van der Waals surface area contributed by atoms with Gasteiger partial charge < -0.3 is 14.8 Å². The normalized spacial score (nSPS) is 22.8. The molecule has 1 N–H and O–H groups in total. The number of amides is 1. The Morgan fingerprint density at radius 2 is 1.93 bits per heavy atom. The first-order chi connectivity index (χ1) is 14.2. The Kier molecular flexibility index (Phi) is 5.46. The summed E-state index contributed by atoms with van der Waals surface area (Å²) < 4.78 is 11.0. The van der Waals surface area contributed by atoms with Gasteiger partial charge in [-0.2, -0.15) is 0 Å². The molecule has 6 nitrogen and oxygen atoms in total. The summed E-state index contributed by atoms with van der Waals surface area (Å²) in [6.45, 7) is 6.03. The molecule has 4 rings (SSSR count). The molecule has 1 spiro atoms. The lowest BCUT2D eigenvalue weighted by Gasteiger charge is -2.33. The number of thioether (sulfide) groups is 1. The first-order valence-electron chi connectivity index (χ1n) is 9.64. The van der Waals surface area contributed by atoms with Crippen LogP contribution in [-0.2, 0) is 14.2 Å². The Morgan fingerprint density at radius 1 is 1.23 bits per heavy atom. The van der Waals surface area contributed by atoms with E-state index in [4.69, 9.17) is 26.1 Å². The molecule has 30 heavy (non-hydrogen) atoms. The lowest BCUT2D eigenvalue weighted by Crippen LogP contribution is -2.49. The Hall–Kier alpha value is -2.22. The molecule has 2 atom stereocenters. The molecule has 0 aromatic heterocycles. The first-order valence-corrected chi connectivity index (χ1v) is 10.8. The van der Waals surface area contributed by atoms with E-state index in [0.29, 0.717) is 11.6 Å². The summed E-state index contributed by atoms with van der Waals surface area (Å²) in [4.78, 5) is 19.4. The third-order valence-electron chi connectivity index (χ3n) is 4.90. The standard InChI is InChI=1S/C22H24ClN3O3S/c1-21(2,3)29-20(27)26-17-8-6-5-7-16(17)22(18(26)28-4)13-24-19(30-22)25-15-11-9-14(23)10-12-15/h5-12,18H,13H2,1-4H3,(H,24,25)/t18-,22-/m0/s1. The van der Waals surface area contributed by atoms with Gasteiger partial charge in [0.25, 0.3) is 0 Å². The third-order valence-corrected chi connectivity index (χ3v) is 6.49. The second-order valence-corrected chi connectivity index (χ2v) is 9.96. The zero-order chi connectivity index (χ0) is 21.5. The second-order valence-electron chi connectivity index (χ2n) is 8.20. The fourth-order valence-corrected chi connectivity index (χ4v) is 5.21. The van der Waals surface area contributed by atoms with E-state index < -0.39 is 22.7 Å². The molecule has 0 saturated carbocycles. The van der Waals surface area contributed by atoms with Crippen LogP contribution in [0.1, 0.15) is 26.3 Å². The molecule has 0 aliphatic carbocycles. The molecule has 2 aromatic rings. The minimum Gasteiger partial charge on any atom is -0.443 e. The molecule has 0 unspecified atom stereocenters. The fourth-order valence-electron chi connectivity index (χ4n) is 3.73. The number of para-hydroxylation sites is 1. The average molecular weight is 446 g/mol. The summed E-state index contributed by atoms with van der Waals surface area (Å²) in [5, 5.41) is 4.78. The van der Waals surface area contributed by atoms with Crippen molar-refractivity contribution in [3.8, 4) is 0 Å². The number of carbonyl (C=O) groups excluding carboxylic acids is 1. The highest BCUT2D eigenvalue weighted by molar-refractivity contribution is 8.15. The van der Waals surface area contributed by atoms with E-state index in [1.165, 1.54) is 0 Å². The van der Waals surface area contributed by atoms with Crippen LogP contribution in [-0.4, -0.2) is 36.7 Å². The number of amidine groups is 1. The zero-order valence-corrected chi connectivity index (χ0v) is 18.9. The highest BCUT2D eigenvalue weighted by atomic mass is 35.5. The predicted molar refractivity (Wildman–Crippen MR) is 123 cm³/mol. The number of hydrogen-bond acceptors (Lipinski definition) is 6. The van der Waals surface area contributed by atoms with E-state index in [9.17, 15) is 4.79 Å². The number of fused-ring (bicyclic) bond motifs is 2. The molecule has 2 aliphatic rings. The maximum absolute atomic E-state index is 13.1. The summed E-state index contributed by atoms with van der Waals surface area (Å²) in [7, 11) is 1.61. The van der Waals surface area contributed by atoms with Crippen molar-refractivity contribution in [2.24, 2.45) is 4.99 Å². The minimum absolute atomic E-state index is 0.432. The second kappa shape index (κ2) is 7.80. The number of ether oxygens (including phenoxy) is 2. The van der Waals surface area contributed by atoms with Crippen LogP contribution in [0, 0.1) is 0 Å². The smallest absolute Gasteiger partial charge is 0.417 e. The van der Waals surface area contributed by atoms with Crippen molar-refractivity contribution in [1.29, 1.82) is 0 Å². The molecule has 1 amide bonds. The van der Waals surface area contributed by atoms with Crippen molar-refractivity contribution >= 4 is 46.0 Å². The van der Waals surface area contributed by atoms with Crippen molar-refractivity contribution in [1.82, 2.24) is 0 Å². The van der Waals surface area contributed by atoms with Crippen molar-refractivity contribution < 1.29 is 14.3 Å². The van der Waals surface area contributed by atoms with Crippen LogP contribution in [0.4, 0.5) is 16.2 Å². The number of benzene rings is 2. The van der Waals surface area contributed by atoms with Crippen LogP contribution in [0.15, 0.2) is 53.5 Å². The van der Waals surface area contributed by atoms with Crippen LogP contribution in [0.25, 0.3) is 0 Å². The lowest BCUT2D eigenvalue weighted by molar-refractivity contribution is 0.0337. The molecular weight excluding hydrogens is 422 g/mol. The molecule has 8 heteroatoms. The molecule has 0 bridgehead atoms. The van der Waals surface area contributed by atoms with E-state index in [0.717, 1.165) is 22.1 Å². The fraction of sp³-hybridized carbons (Fsp3) is 0.364. The van der Waals surface area contributed by atoms with Gasteiger partial charge in [-0.3, -0.25) is 4.99 Å². The van der Waals surface area contributed by atoms with Gasteiger partial charge in [0.2, 0.25) is 0 Å². The lowest BCUT2D eigenvalue weighted by atomic mass is 9.99. The quantitative estimate of drug-likeness (QED) is 0.663. The Labute approximate surface area is 185 Å². The van der Waals surface area contributed by atoms with Gasteiger partial charge in [0.1, 0.15) is 10.3 Å². The number of nitrogens with zero attached hydrogens (tertiary/aromatic N) is 2. The van der Waals surface area contributed by atoms with Crippen molar-refractivity contribution in [3.63, 3.8) is 0 Å². The Balaban J connectivity index is 1.65. The van der Waals surface area contributed by atoms with Gasteiger partial charge in [-0.05, 0) is 56.7 Å². The number of anilines is 2. The van der Waals surface area contributed by atoms with Gasteiger partial charge in [-0.1, -0.05) is 41.6 Å². The zero-order valence-electron chi connectivity index (χ0n) is 17.3. The van der Waals surface area contributed by atoms with Crippen LogP contribution in [0.2, 0.25) is 5.02 Å². The van der Waals surface area contributed by atoms with Crippen molar-refractivity contribution in [2.75, 3.05) is 23.9 Å². The summed E-state index contributed by atoms with van der Waals surface area (Å²) >= 11 is 7.55. The minimum atomic E-state index is -0.610. The highest BCUT2D eigenvalue weighted by Crippen LogP contribution is 2.55. The maximum atomic E-state index is 13.1. The number of nitrogens with one attached hydrogen (secondary N) is 1. The summed E-state index contributed by atoms with van der Waals surface area (Å²) in [6, 6.07) is 15.3. The molecule has 158 valence electrons. The summed E-state index contributed by atoms with van der Waals surface area (Å²) in [5.41, 5.74) is 2.08. The van der Waals surface area contributed by atoms with E-state index in [1.54, 1.807) is 23.8 Å². The van der Waals surface area contributed by atoms with E-state index >= 15 is 0 Å². The van der Waals surface area contributed by atoms with E-state index in [-0.39, 0.29) is 0 Å². The monoisotopic (exact) mass is 445 g/mol. The molecule has 2 heterocycles. The van der Waals surface area contributed by atoms with Gasteiger partial charge in [-0.25, -0.2) is 9.69 Å². The molecule has 0 saturated heterocycles. The van der Waals surface area contributed by atoms with E-state index in [1.807, 2.05) is 69.3 Å². The van der Waals surface area contributed by atoms with Crippen molar-refractivity contribution in [3.05, 3.63) is 59.1 Å². The summed E-state index contributed by atoms with van der Waals surface area (Å²) in [5.74, 6) is 0. The van der Waals surface area contributed by atoms with Gasteiger partial charge >= 0.3 is 6.09 Å².